The van der Waals surface area contributed by atoms with Gasteiger partial charge in [0.25, 0.3) is 5.91 Å². The summed E-state index contributed by atoms with van der Waals surface area (Å²) in [4.78, 5) is 24.6. The molecule has 0 saturated carbocycles. The number of primary amides is 1. The van der Waals surface area contributed by atoms with E-state index in [4.69, 9.17) is 5.73 Å². The fourth-order valence-electron chi connectivity index (χ4n) is 3.02. The molecule has 1 aliphatic heterocycles. The summed E-state index contributed by atoms with van der Waals surface area (Å²) in [5, 5.41) is 3.01. The summed E-state index contributed by atoms with van der Waals surface area (Å²) in [7, 11) is 0. The van der Waals surface area contributed by atoms with Gasteiger partial charge in [0.1, 0.15) is 0 Å². The average molecular weight is 304 g/mol. The van der Waals surface area contributed by atoms with Crippen molar-refractivity contribution in [3.05, 3.63) is 35.9 Å². The van der Waals surface area contributed by atoms with Gasteiger partial charge in [0.05, 0.1) is 13.1 Å². The fraction of sp³-hybridized carbons (Fsp3) is 0.529. The molecule has 1 atom stereocenters. The van der Waals surface area contributed by atoms with E-state index in [-0.39, 0.29) is 23.8 Å². The quantitative estimate of drug-likeness (QED) is 0.663. The lowest BCUT2D eigenvalue weighted by molar-refractivity contribution is -0.919. The maximum absolute atomic E-state index is 12.2. The molecule has 22 heavy (non-hydrogen) atoms. The number of hydrogen-bond donors (Lipinski definition) is 3. The molecule has 120 valence electrons. The zero-order valence-corrected chi connectivity index (χ0v) is 13.2. The van der Waals surface area contributed by atoms with E-state index in [9.17, 15) is 9.59 Å². The number of benzene rings is 1. The summed E-state index contributed by atoms with van der Waals surface area (Å²) in [6.07, 6.45) is 2.41. The third-order valence-corrected chi connectivity index (χ3v) is 4.59. The van der Waals surface area contributed by atoms with E-state index in [1.807, 2.05) is 25.1 Å². The van der Waals surface area contributed by atoms with Crippen LogP contribution in [0.4, 0.5) is 0 Å². The Morgan fingerprint density at radius 3 is 2.50 bits per heavy atom. The van der Waals surface area contributed by atoms with E-state index in [0.717, 1.165) is 32.4 Å². The minimum absolute atomic E-state index is 0.0166. The number of piperidine rings is 1. The van der Waals surface area contributed by atoms with Crippen LogP contribution in [-0.2, 0) is 16.0 Å². The Hall–Kier alpha value is -1.88. The second-order valence-electron chi connectivity index (χ2n) is 6.08. The average Bonchev–Trinajstić information content (AvgIpc) is 2.55. The van der Waals surface area contributed by atoms with Crippen molar-refractivity contribution >= 4 is 11.8 Å². The van der Waals surface area contributed by atoms with Gasteiger partial charge < -0.3 is 16.0 Å². The zero-order chi connectivity index (χ0) is 15.9. The fourth-order valence-corrected chi connectivity index (χ4v) is 3.02. The highest BCUT2D eigenvalue weighted by atomic mass is 16.2. The number of quaternary nitrogens is 1. The number of rotatable bonds is 6. The Labute approximate surface area is 131 Å². The molecule has 0 bridgehead atoms. The molecule has 1 aromatic carbocycles. The normalized spacial score (nSPS) is 22.8. The molecule has 5 nitrogen and oxygen atoms in total. The van der Waals surface area contributed by atoms with Gasteiger partial charge in [0.2, 0.25) is 5.91 Å². The first-order valence-electron chi connectivity index (χ1n) is 8.03. The molecular weight excluding hydrogens is 278 g/mol. The SMILES string of the molecule is C[C@@H](C(=O)NCCc1ccccc1)[NH+]1CCC(C(N)=O)CC1. The monoisotopic (exact) mass is 304 g/mol. The number of amides is 2. The van der Waals surface area contributed by atoms with Crippen molar-refractivity contribution in [2.45, 2.75) is 32.2 Å². The molecule has 5 heteroatoms. The van der Waals surface area contributed by atoms with E-state index in [1.165, 1.54) is 10.5 Å². The van der Waals surface area contributed by atoms with Gasteiger partial charge in [-0.2, -0.15) is 0 Å². The Kier molecular flexibility index (Phi) is 5.95. The molecule has 1 aromatic rings. The van der Waals surface area contributed by atoms with E-state index >= 15 is 0 Å². The Morgan fingerprint density at radius 2 is 1.91 bits per heavy atom. The van der Waals surface area contributed by atoms with Crippen molar-refractivity contribution in [1.29, 1.82) is 0 Å². The van der Waals surface area contributed by atoms with Crippen LogP contribution in [0.5, 0.6) is 0 Å². The van der Waals surface area contributed by atoms with Crippen LogP contribution in [0.1, 0.15) is 25.3 Å². The lowest BCUT2D eigenvalue weighted by atomic mass is 9.95. The summed E-state index contributed by atoms with van der Waals surface area (Å²) in [6.45, 7) is 4.28. The maximum Gasteiger partial charge on any atom is 0.278 e. The van der Waals surface area contributed by atoms with Crippen molar-refractivity contribution in [2.24, 2.45) is 11.7 Å². The van der Waals surface area contributed by atoms with Crippen LogP contribution in [0.2, 0.25) is 0 Å². The maximum atomic E-state index is 12.2. The standard InChI is InChI=1S/C17H25N3O2/c1-13(20-11-8-15(9-12-20)16(18)21)17(22)19-10-7-14-5-3-2-4-6-14/h2-6,13,15H,7-12H2,1H3,(H2,18,21)(H,19,22)/p+1/t13-/m0/s1. The third-order valence-electron chi connectivity index (χ3n) is 4.59. The Bertz CT molecular complexity index is 496. The van der Waals surface area contributed by atoms with Gasteiger partial charge in [0, 0.05) is 25.3 Å². The van der Waals surface area contributed by atoms with E-state index in [1.54, 1.807) is 0 Å². The van der Waals surface area contributed by atoms with Gasteiger partial charge in [-0.15, -0.1) is 0 Å². The van der Waals surface area contributed by atoms with Crippen LogP contribution in [-0.4, -0.2) is 37.5 Å². The van der Waals surface area contributed by atoms with Crippen LogP contribution < -0.4 is 16.0 Å². The topological polar surface area (TPSA) is 76.6 Å². The summed E-state index contributed by atoms with van der Waals surface area (Å²) >= 11 is 0. The van der Waals surface area contributed by atoms with Gasteiger partial charge >= 0.3 is 0 Å². The van der Waals surface area contributed by atoms with E-state index < -0.39 is 0 Å². The molecule has 2 rings (SSSR count). The molecule has 1 fully saturated rings. The van der Waals surface area contributed by atoms with Crippen LogP contribution in [0, 0.1) is 5.92 Å². The molecular formula is C17H26N3O2+. The highest BCUT2D eigenvalue weighted by molar-refractivity contribution is 5.80. The van der Waals surface area contributed by atoms with Gasteiger partial charge in [-0.05, 0) is 18.9 Å². The molecule has 0 radical (unpaired) electrons. The minimum atomic E-state index is -0.209. The molecule has 2 amide bonds. The Balaban J connectivity index is 1.72. The molecule has 0 aliphatic carbocycles. The van der Waals surface area contributed by atoms with Crippen LogP contribution in [0.3, 0.4) is 0 Å². The molecule has 0 unspecified atom stereocenters. The van der Waals surface area contributed by atoms with Crippen LogP contribution >= 0.6 is 0 Å². The molecule has 4 N–H and O–H groups in total. The number of nitrogens with two attached hydrogens (primary N) is 1. The van der Waals surface area contributed by atoms with Gasteiger partial charge in [-0.1, -0.05) is 30.3 Å². The largest absolute Gasteiger partial charge is 0.369 e. The highest BCUT2D eigenvalue weighted by Crippen LogP contribution is 2.08. The number of nitrogens with one attached hydrogen (secondary N) is 2. The van der Waals surface area contributed by atoms with Crippen LogP contribution in [0.25, 0.3) is 0 Å². The number of hydrogen-bond acceptors (Lipinski definition) is 2. The first kappa shape index (κ1) is 16.5. The molecule has 1 saturated heterocycles. The highest BCUT2D eigenvalue weighted by Gasteiger charge is 2.31. The minimum Gasteiger partial charge on any atom is -0.369 e. The molecule has 0 aromatic heterocycles. The first-order valence-corrected chi connectivity index (χ1v) is 8.03. The van der Waals surface area contributed by atoms with Crippen LogP contribution in [0.15, 0.2) is 30.3 Å². The zero-order valence-electron chi connectivity index (χ0n) is 13.2. The summed E-state index contributed by atoms with van der Waals surface area (Å²) in [5.74, 6) is -0.139. The summed E-state index contributed by atoms with van der Waals surface area (Å²) in [5.41, 5.74) is 6.57. The van der Waals surface area contributed by atoms with Crippen molar-refractivity contribution < 1.29 is 14.5 Å². The van der Waals surface area contributed by atoms with Crippen molar-refractivity contribution in [2.75, 3.05) is 19.6 Å². The van der Waals surface area contributed by atoms with Gasteiger partial charge in [-0.25, -0.2) is 0 Å². The second-order valence-corrected chi connectivity index (χ2v) is 6.08. The Morgan fingerprint density at radius 1 is 1.27 bits per heavy atom. The van der Waals surface area contributed by atoms with Crippen molar-refractivity contribution in [1.82, 2.24) is 5.32 Å². The second kappa shape index (κ2) is 7.94. The first-order chi connectivity index (χ1) is 10.6. The lowest BCUT2D eigenvalue weighted by Crippen LogP contribution is -3.17. The van der Waals surface area contributed by atoms with Gasteiger partial charge in [-0.3, -0.25) is 9.59 Å². The lowest BCUT2D eigenvalue weighted by Gasteiger charge is -2.31. The number of carbonyl (C=O) groups is 2. The predicted molar refractivity (Wildman–Crippen MR) is 85.2 cm³/mol. The smallest absolute Gasteiger partial charge is 0.278 e. The van der Waals surface area contributed by atoms with E-state index in [2.05, 4.69) is 17.4 Å². The van der Waals surface area contributed by atoms with E-state index in [0.29, 0.717) is 6.54 Å². The molecule has 1 aliphatic rings. The van der Waals surface area contributed by atoms with Crippen molar-refractivity contribution in [3.63, 3.8) is 0 Å². The number of carbonyl (C=O) groups excluding carboxylic acids is 2. The summed E-state index contributed by atoms with van der Waals surface area (Å²) in [6, 6.07) is 10.1. The van der Waals surface area contributed by atoms with Crippen molar-refractivity contribution in [3.8, 4) is 0 Å². The predicted octanol–water partition coefficient (Wildman–Crippen LogP) is -0.486. The third kappa shape index (κ3) is 4.56. The van der Waals surface area contributed by atoms with Gasteiger partial charge in [0.15, 0.2) is 6.04 Å². The molecule has 0 spiro atoms. The number of likely N-dealkylation sites (tertiary alicyclic amines) is 1. The molecule has 1 heterocycles. The summed E-state index contributed by atoms with van der Waals surface area (Å²) < 4.78 is 0.